The lowest BCUT2D eigenvalue weighted by molar-refractivity contribution is -0.137. The van der Waals surface area contributed by atoms with Crippen LogP contribution in [0.2, 0.25) is 0 Å². The number of aliphatic carboxylic acids is 1. The number of ether oxygens (including phenoxy) is 1. The lowest BCUT2D eigenvalue weighted by Crippen LogP contribution is -2.37. The molecule has 52 heavy (non-hydrogen) atoms. The van der Waals surface area contributed by atoms with Crippen molar-refractivity contribution in [2.75, 3.05) is 39.3 Å². The van der Waals surface area contributed by atoms with E-state index in [2.05, 4.69) is 22.4 Å². The van der Waals surface area contributed by atoms with Gasteiger partial charge in [0.1, 0.15) is 18.9 Å². The Bertz CT molecular complexity index is 1640. The Kier molecular flexibility index (Phi) is 16.9. The number of benzene rings is 2. The molecule has 2 amide bonds. The number of amides is 2. The summed E-state index contributed by atoms with van der Waals surface area (Å²) in [6.45, 7) is 7.34. The van der Waals surface area contributed by atoms with Crippen LogP contribution in [0, 0.1) is 0 Å². The molecule has 1 aliphatic rings. The number of fused-ring (bicyclic) bond motifs is 1. The second-order valence-electron chi connectivity index (χ2n) is 13.4. The lowest BCUT2D eigenvalue weighted by Gasteiger charge is -2.31. The monoisotopic (exact) mass is 737 g/mol. The molecule has 0 bridgehead atoms. The molecule has 0 aliphatic carbocycles. The molecule has 1 fully saturated rings. The molecule has 3 aromatic rings. The van der Waals surface area contributed by atoms with E-state index in [1.807, 2.05) is 35.2 Å². The fourth-order valence-electron chi connectivity index (χ4n) is 6.65. The fraction of sp³-hybridized carbons (Fsp3) is 0.564. The first-order valence-corrected chi connectivity index (χ1v) is 20.0. The maximum absolute atomic E-state index is 13.4. The third-order valence-corrected chi connectivity index (χ3v) is 11.2. The number of aromatic nitrogens is 2. The van der Waals surface area contributed by atoms with E-state index in [-0.39, 0.29) is 17.2 Å². The highest BCUT2D eigenvalue weighted by molar-refractivity contribution is 7.89. The number of carboxylic acid groups (broad SMARTS) is 1. The Labute approximate surface area is 310 Å². The van der Waals surface area contributed by atoms with Gasteiger partial charge >= 0.3 is 5.97 Å². The number of rotatable bonds is 22. The number of nitrogens with one attached hydrogen (secondary N) is 1. The standard InChI is InChI=1S/C39H55N5O7S/c1-3-42(4-2)37(46)14-12-10-8-6-5-7-9-11-13-36(45)40-23-26-51-32-17-15-30(16-18-32)31-21-24-44(25-22-31)52(50)33-19-20-34-35(27-33)41-29-43(39(34)49)28-38(47)48/h15-20,27,29,31H,3-14,21-26,28H2,1-2H3,(H,40,45)(H,47,48). The normalized spacial score (nSPS) is 14.3. The van der Waals surface area contributed by atoms with Crippen molar-refractivity contribution < 1.29 is 28.8 Å². The highest BCUT2D eigenvalue weighted by Gasteiger charge is 2.29. The van der Waals surface area contributed by atoms with Gasteiger partial charge in [-0.3, -0.25) is 23.7 Å². The van der Waals surface area contributed by atoms with Crippen molar-refractivity contribution in [3.63, 3.8) is 0 Å². The molecule has 12 nitrogen and oxygen atoms in total. The Hall–Kier alpha value is -3.94. The Morgan fingerprint density at radius 1 is 0.942 bits per heavy atom. The first-order chi connectivity index (χ1) is 25.2. The second-order valence-corrected chi connectivity index (χ2v) is 14.9. The average molecular weight is 738 g/mol. The zero-order valence-corrected chi connectivity index (χ0v) is 31.5. The van der Waals surface area contributed by atoms with E-state index in [0.717, 1.165) is 68.4 Å². The highest BCUT2D eigenvalue weighted by atomic mass is 32.2. The van der Waals surface area contributed by atoms with Crippen LogP contribution in [-0.2, 0) is 32.3 Å². The van der Waals surface area contributed by atoms with Crippen molar-refractivity contribution in [3.8, 4) is 5.75 Å². The summed E-state index contributed by atoms with van der Waals surface area (Å²) >= 11 is -1.41. The Balaban J connectivity index is 1.05. The molecule has 4 rings (SSSR count). The number of hydrogen-bond acceptors (Lipinski definition) is 8. The molecule has 0 spiro atoms. The zero-order chi connectivity index (χ0) is 37.3. The molecule has 0 radical (unpaired) electrons. The van der Waals surface area contributed by atoms with Crippen LogP contribution in [0.15, 0.2) is 58.5 Å². The molecule has 1 saturated heterocycles. The molecule has 2 N–H and O–H groups in total. The van der Waals surface area contributed by atoms with Gasteiger partial charge in [-0.1, -0.05) is 50.7 Å². The molecule has 2 heterocycles. The number of piperidine rings is 1. The molecule has 2 aromatic carbocycles. The van der Waals surface area contributed by atoms with Crippen molar-refractivity contribution in [1.82, 2.24) is 24.1 Å². The van der Waals surface area contributed by atoms with Crippen LogP contribution in [-0.4, -0.2) is 85.5 Å². The molecule has 284 valence electrons. The summed E-state index contributed by atoms with van der Waals surface area (Å²) in [4.78, 5) is 54.5. The molecular weight excluding hydrogens is 683 g/mol. The minimum atomic E-state index is -1.41. The van der Waals surface area contributed by atoms with E-state index >= 15 is 0 Å². The van der Waals surface area contributed by atoms with E-state index in [4.69, 9.17) is 9.84 Å². The number of unbranched alkanes of at least 4 members (excludes halogenated alkanes) is 7. The summed E-state index contributed by atoms with van der Waals surface area (Å²) in [7, 11) is 0. The van der Waals surface area contributed by atoms with Gasteiger partial charge in [0, 0.05) is 45.1 Å². The molecule has 13 heteroatoms. The van der Waals surface area contributed by atoms with Gasteiger partial charge in [0.25, 0.3) is 5.56 Å². The van der Waals surface area contributed by atoms with E-state index in [1.165, 1.54) is 31.2 Å². The molecular formula is C39H55N5O7S. The summed E-state index contributed by atoms with van der Waals surface area (Å²) < 4.78 is 22.2. The van der Waals surface area contributed by atoms with Gasteiger partial charge in [-0.15, -0.1) is 4.31 Å². The van der Waals surface area contributed by atoms with Gasteiger partial charge in [0.2, 0.25) is 11.8 Å². The minimum Gasteiger partial charge on any atom is -0.593 e. The average Bonchev–Trinajstić information content (AvgIpc) is 3.15. The highest BCUT2D eigenvalue weighted by Crippen LogP contribution is 2.32. The van der Waals surface area contributed by atoms with Gasteiger partial charge in [-0.25, -0.2) is 4.98 Å². The smallest absolute Gasteiger partial charge is 0.323 e. The molecule has 1 atom stereocenters. The van der Waals surface area contributed by atoms with Crippen molar-refractivity contribution in [2.45, 2.75) is 108 Å². The number of nitrogens with zero attached hydrogens (tertiary/aromatic N) is 4. The predicted molar refractivity (Wildman–Crippen MR) is 203 cm³/mol. The van der Waals surface area contributed by atoms with E-state index in [1.54, 1.807) is 18.2 Å². The van der Waals surface area contributed by atoms with Crippen molar-refractivity contribution in [2.24, 2.45) is 0 Å². The SMILES string of the molecule is CCN(CC)C(=O)CCCCCCCCCCC(=O)NCCOc1ccc(C2CCN([S+]([O-])c3ccc4c(=O)n(CC(=O)O)cnc4c3)CC2)cc1. The van der Waals surface area contributed by atoms with Gasteiger partial charge in [-0.05, 0) is 75.3 Å². The maximum atomic E-state index is 13.4. The van der Waals surface area contributed by atoms with Crippen LogP contribution >= 0.6 is 0 Å². The number of hydrogen-bond donors (Lipinski definition) is 2. The van der Waals surface area contributed by atoms with Gasteiger partial charge in [-0.2, -0.15) is 0 Å². The molecule has 1 aromatic heterocycles. The summed E-state index contributed by atoms with van der Waals surface area (Å²) in [5.74, 6) is 0.299. The zero-order valence-electron chi connectivity index (χ0n) is 30.7. The third kappa shape index (κ3) is 12.6. The summed E-state index contributed by atoms with van der Waals surface area (Å²) in [6, 6.07) is 12.9. The summed E-state index contributed by atoms with van der Waals surface area (Å²) in [6.07, 6.45) is 12.8. The lowest BCUT2D eigenvalue weighted by atomic mass is 9.90. The van der Waals surface area contributed by atoms with E-state index in [0.29, 0.717) is 55.4 Å². The first-order valence-electron chi connectivity index (χ1n) is 18.8. The quantitative estimate of drug-likeness (QED) is 0.0983. The Morgan fingerprint density at radius 2 is 1.58 bits per heavy atom. The number of carboxylic acids is 1. The van der Waals surface area contributed by atoms with Crippen LogP contribution in [0.25, 0.3) is 10.9 Å². The largest absolute Gasteiger partial charge is 0.593 e. The number of carbonyl (C=O) groups is 3. The topological polar surface area (TPSA) is 157 Å². The summed E-state index contributed by atoms with van der Waals surface area (Å²) in [5, 5.41) is 12.2. The van der Waals surface area contributed by atoms with E-state index in [9.17, 15) is 23.7 Å². The van der Waals surface area contributed by atoms with Crippen LogP contribution in [0.3, 0.4) is 0 Å². The van der Waals surface area contributed by atoms with Gasteiger partial charge in [0.05, 0.1) is 35.1 Å². The fourth-order valence-corrected chi connectivity index (χ4v) is 7.89. The van der Waals surface area contributed by atoms with Gasteiger partial charge < -0.3 is 24.6 Å². The molecule has 1 aliphatic heterocycles. The van der Waals surface area contributed by atoms with Crippen LogP contribution < -0.4 is 15.6 Å². The maximum Gasteiger partial charge on any atom is 0.323 e. The third-order valence-electron chi connectivity index (χ3n) is 9.70. The minimum absolute atomic E-state index is 0.0589. The van der Waals surface area contributed by atoms with Crippen molar-refractivity contribution in [3.05, 3.63) is 64.7 Å². The number of carbonyl (C=O) groups excluding carboxylic acids is 2. The van der Waals surface area contributed by atoms with Crippen LogP contribution in [0.1, 0.15) is 102 Å². The predicted octanol–water partition coefficient (Wildman–Crippen LogP) is 5.65. The molecule has 0 saturated carbocycles. The second kappa shape index (κ2) is 21.6. The van der Waals surface area contributed by atoms with Crippen molar-refractivity contribution in [1.29, 1.82) is 0 Å². The summed E-state index contributed by atoms with van der Waals surface area (Å²) in [5.41, 5.74) is 1.15. The molecule has 1 unspecified atom stereocenters. The Morgan fingerprint density at radius 3 is 2.21 bits per heavy atom. The van der Waals surface area contributed by atoms with E-state index < -0.39 is 29.4 Å². The van der Waals surface area contributed by atoms with Crippen molar-refractivity contribution >= 4 is 40.0 Å². The first kappa shape index (κ1) is 40.8. The van der Waals surface area contributed by atoms with Crippen LogP contribution in [0.4, 0.5) is 0 Å². The van der Waals surface area contributed by atoms with Gasteiger partial charge in [0.15, 0.2) is 4.90 Å². The van der Waals surface area contributed by atoms with Crippen LogP contribution in [0.5, 0.6) is 5.75 Å².